The molecule has 0 aliphatic rings. The molecule has 2 aromatic carbocycles. The normalized spacial score (nSPS) is 10.5. The lowest BCUT2D eigenvalue weighted by molar-refractivity contribution is -0.386. The third-order valence-electron chi connectivity index (χ3n) is 2.45. The SMILES string of the molecule is Cc1ccc(S(=O)(=O)O)cc1.[NH3+]Cc1ccccc1. The smallest absolute Gasteiger partial charge is 0.294 e. The van der Waals surface area contributed by atoms with Gasteiger partial charge in [-0.1, -0.05) is 48.0 Å². The fourth-order valence-electron chi connectivity index (χ4n) is 1.35. The van der Waals surface area contributed by atoms with Gasteiger partial charge < -0.3 is 5.73 Å². The Morgan fingerprint density at radius 2 is 1.53 bits per heavy atom. The van der Waals surface area contributed by atoms with Gasteiger partial charge in [0, 0.05) is 5.56 Å². The molecule has 2 aromatic rings. The highest BCUT2D eigenvalue weighted by molar-refractivity contribution is 7.85. The van der Waals surface area contributed by atoms with Gasteiger partial charge >= 0.3 is 0 Å². The maximum atomic E-state index is 10.5. The fourth-order valence-corrected chi connectivity index (χ4v) is 1.83. The summed E-state index contributed by atoms with van der Waals surface area (Å²) in [6.07, 6.45) is 0. The molecule has 0 aromatic heterocycles. The molecule has 0 saturated heterocycles. The highest BCUT2D eigenvalue weighted by atomic mass is 32.2. The Bertz CT molecular complexity index is 592. The van der Waals surface area contributed by atoms with Crippen molar-refractivity contribution in [2.24, 2.45) is 0 Å². The summed E-state index contributed by atoms with van der Waals surface area (Å²) in [5.74, 6) is 0. The zero-order valence-corrected chi connectivity index (χ0v) is 11.6. The van der Waals surface area contributed by atoms with Gasteiger partial charge in [0.2, 0.25) is 0 Å². The molecule has 102 valence electrons. The van der Waals surface area contributed by atoms with E-state index in [4.69, 9.17) is 4.55 Å². The van der Waals surface area contributed by atoms with Crippen LogP contribution in [0.15, 0.2) is 59.5 Å². The number of aryl methyl sites for hydroxylation is 1. The maximum absolute atomic E-state index is 10.5. The predicted molar refractivity (Wildman–Crippen MR) is 74.0 cm³/mol. The van der Waals surface area contributed by atoms with Crippen LogP contribution in [0.5, 0.6) is 0 Å². The van der Waals surface area contributed by atoms with Crippen molar-refractivity contribution in [3.63, 3.8) is 0 Å². The molecule has 4 nitrogen and oxygen atoms in total. The molecule has 0 radical (unpaired) electrons. The van der Waals surface area contributed by atoms with Crippen molar-refractivity contribution in [3.8, 4) is 0 Å². The summed E-state index contributed by atoms with van der Waals surface area (Å²) in [6.45, 7) is 2.73. The molecule has 0 atom stereocenters. The van der Waals surface area contributed by atoms with Gasteiger partial charge in [-0.25, -0.2) is 0 Å². The first-order chi connectivity index (χ1) is 8.93. The Kier molecular flexibility index (Phi) is 5.69. The molecule has 5 heteroatoms. The van der Waals surface area contributed by atoms with Crippen molar-refractivity contribution in [2.45, 2.75) is 18.4 Å². The second-order valence-electron chi connectivity index (χ2n) is 4.02. The summed E-state index contributed by atoms with van der Waals surface area (Å²) in [6, 6.07) is 16.2. The van der Waals surface area contributed by atoms with Crippen LogP contribution in [0.4, 0.5) is 0 Å². The second-order valence-corrected chi connectivity index (χ2v) is 5.45. The minimum absolute atomic E-state index is 0.0666. The van der Waals surface area contributed by atoms with E-state index in [1.807, 2.05) is 25.1 Å². The number of quaternary nitrogens is 1. The molecule has 0 spiro atoms. The van der Waals surface area contributed by atoms with Crippen LogP contribution in [0.25, 0.3) is 0 Å². The van der Waals surface area contributed by atoms with Gasteiger partial charge in [-0.05, 0) is 19.1 Å². The quantitative estimate of drug-likeness (QED) is 0.821. The van der Waals surface area contributed by atoms with Crippen LogP contribution in [0, 0.1) is 6.92 Å². The fraction of sp³-hybridized carbons (Fsp3) is 0.143. The average Bonchev–Trinajstić information content (AvgIpc) is 2.40. The lowest BCUT2D eigenvalue weighted by Gasteiger charge is -1.95. The van der Waals surface area contributed by atoms with Crippen LogP contribution >= 0.6 is 0 Å². The monoisotopic (exact) mass is 280 g/mol. The van der Waals surface area contributed by atoms with Gasteiger partial charge in [-0.2, -0.15) is 8.42 Å². The minimum atomic E-state index is -4.02. The predicted octanol–water partition coefficient (Wildman–Crippen LogP) is 1.67. The summed E-state index contributed by atoms with van der Waals surface area (Å²) < 4.78 is 29.6. The summed E-state index contributed by atoms with van der Waals surface area (Å²) in [7, 11) is -4.02. The molecule has 0 heterocycles. The first-order valence-electron chi connectivity index (χ1n) is 5.81. The van der Waals surface area contributed by atoms with E-state index in [-0.39, 0.29) is 4.90 Å². The van der Waals surface area contributed by atoms with E-state index >= 15 is 0 Å². The lowest BCUT2D eigenvalue weighted by Crippen LogP contribution is -2.47. The van der Waals surface area contributed by atoms with E-state index in [1.165, 1.54) is 17.7 Å². The molecule has 2 rings (SSSR count). The zero-order valence-electron chi connectivity index (χ0n) is 10.8. The van der Waals surface area contributed by atoms with Gasteiger partial charge in [0.1, 0.15) is 0 Å². The first kappa shape index (κ1) is 15.4. The third kappa shape index (κ3) is 5.65. The second kappa shape index (κ2) is 7.04. The van der Waals surface area contributed by atoms with E-state index in [2.05, 4.69) is 17.9 Å². The lowest BCUT2D eigenvalue weighted by atomic mass is 10.2. The standard InChI is InChI=1S/C7H9N.C7H8O3S/c8-6-7-4-2-1-3-5-7;1-6-2-4-7(5-3-6)11(8,9)10/h1-5H,6,8H2;2-5H,1H3,(H,8,9,10)/p+1. The number of rotatable bonds is 2. The molecule has 0 amide bonds. The first-order valence-corrected chi connectivity index (χ1v) is 7.25. The van der Waals surface area contributed by atoms with E-state index in [1.54, 1.807) is 12.1 Å². The van der Waals surface area contributed by atoms with Gasteiger partial charge in [0.25, 0.3) is 10.1 Å². The Hall–Kier alpha value is -1.69. The topological polar surface area (TPSA) is 82.0 Å². The molecule has 0 fully saturated rings. The summed E-state index contributed by atoms with van der Waals surface area (Å²) >= 11 is 0. The maximum Gasteiger partial charge on any atom is 0.294 e. The molecule has 0 aliphatic carbocycles. The van der Waals surface area contributed by atoms with Crippen LogP contribution in [-0.2, 0) is 16.7 Å². The van der Waals surface area contributed by atoms with E-state index < -0.39 is 10.1 Å². The Morgan fingerprint density at radius 3 is 1.89 bits per heavy atom. The molecule has 0 saturated carbocycles. The largest absolute Gasteiger partial charge is 0.354 e. The summed E-state index contributed by atoms with van der Waals surface area (Å²) in [5.41, 5.74) is 6.01. The van der Waals surface area contributed by atoms with Crippen molar-refractivity contribution in [1.29, 1.82) is 0 Å². The van der Waals surface area contributed by atoms with Crippen LogP contribution in [0.3, 0.4) is 0 Å². The van der Waals surface area contributed by atoms with Crippen molar-refractivity contribution in [1.82, 2.24) is 0 Å². The molecular formula is C14H18NO3S+. The third-order valence-corrected chi connectivity index (χ3v) is 3.32. The highest BCUT2D eigenvalue weighted by Gasteiger charge is 2.06. The summed E-state index contributed by atoms with van der Waals surface area (Å²) in [4.78, 5) is -0.0666. The molecule has 0 bridgehead atoms. The minimum Gasteiger partial charge on any atom is -0.354 e. The average molecular weight is 280 g/mol. The van der Waals surface area contributed by atoms with E-state index in [0.29, 0.717) is 0 Å². The molecule has 4 N–H and O–H groups in total. The number of hydrogen-bond donors (Lipinski definition) is 2. The van der Waals surface area contributed by atoms with Crippen LogP contribution in [-0.4, -0.2) is 13.0 Å². The van der Waals surface area contributed by atoms with Crippen molar-refractivity contribution in [2.75, 3.05) is 0 Å². The van der Waals surface area contributed by atoms with Crippen LogP contribution < -0.4 is 5.73 Å². The van der Waals surface area contributed by atoms with Crippen molar-refractivity contribution < 1.29 is 18.7 Å². The van der Waals surface area contributed by atoms with E-state index in [0.717, 1.165) is 12.1 Å². The number of benzene rings is 2. The summed E-state index contributed by atoms with van der Waals surface area (Å²) in [5, 5.41) is 0. The van der Waals surface area contributed by atoms with Crippen LogP contribution in [0.2, 0.25) is 0 Å². The Balaban J connectivity index is 0.000000200. The van der Waals surface area contributed by atoms with Crippen LogP contribution in [0.1, 0.15) is 11.1 Å². The Morgan fingerprint density at radius 1 is 1.00 bits per heavy atom. The molecule has 0 aliphatic heterocycles. The molecule has 19 heavy (non-hydrogen) atoms. The van der Waals surface area contributed by atoms with Gasteiger partial charge in [0.15, 0.2) is 0 Å². The van der Waals surface area contributed by atoms with Gasteiger partial charge in [0.05, 0.1) is 11.4 Å². The van der Waals surface area contributed by atoms with Crippen molar-refractivity contribution >= 4 is 10.1 Å². The zero-order chi connectivity index (χ0) is 14.3. The highest BCUT2D eigenvalue weighted by Crippen LogP contribution is 2.08. The molecular weight excluding hydrogens is 262 g/mol. The van der Waals surface area contributed by atoms with Crippen molar-refractivity contribution in [3.05, 3.63) is 65.7 Å². The van der Waals surface area contributed by atoms with Gasteiger partial charge in [-0.3, -0.25) is 4.55 Å². The Labute approximate surface area is 113 Å². The molecule has 0 unspecified atom stereocenters. The van der Waals surface area contributed by atoms with E-state index in [9.17, 15) is 8.42 Å². The van der Waals surface area contributed by atoms with Gasteiger partial charge in [-0.15, -0.1) is 0 Å². The number of hydrogen-bond acceptors (Lipinski definition) is 2.